The zero-order valence-electron chi connectivity index (χ0n) is 15.0. The number of rotatable bonds is 5. The van der Waals surface area contributed by atoms with Gasteiger partial charge in [-0.2, -0.15) is 0 Å². The summed E-state index contributed by atoms with van der Waals surface area (Å²) in [6.45, 7) is 1.88. The van der Waals surface area contributed by atoms with Crippen LogP contribution in [0.2, 0.25) is 0 Å². The monoisotopic (exact) mass is 398 g/mol. The van der Waals surface area contributed by atoms with Crippen LogP contribution in [0.25, 0.3) is 0 Å². The predicted molar refractivity (Wildman–Crippen MR) is 109 cm³/mol. The number of nitrogens with zero attached hydrogens (tertiary/aromatic N) is 1. The normalized spacial score (nSPS) is 12.8. The van der Waals surface area contributed by atoms with Gasteiger partial charge in [-0.15, -0.1) is 0 Å². The summed E-state index contributed by atoms with van der Waals surface area (Å²) >= 11 is 5.15. The molecule has 0 atom stereocenters. The fourth-order valence-electron chi connectivity index (χ4n) is 2.51. The Labute approximate surface area is 166 Å². The fourth-order valence-corrected chi connectivity index (χ4v) is 2.72. The third-order valence-electron chi connectivity index (χ3n) is 4.25. The smallest absolute Gasteiger partial charge is 0.270 e. The standard InChI is InChI=1S/C19H18N4O4S/c1-11-5-8-14(10-16(11)21-17(24)12-6-7-12)20-19(28)22-18(25)13-3-2-4-15(9-13)23(26)27/h2-5,8-10,12H,6-7H2,1H3,(H,21,24)(H2,20,22,25,28). The van der Waals surface area contributed by atoms with Crippen molar-refractivity contribution >= 4 is 46.2 Å². The van der Waals surface area contributed by atoms with Crippen molar-refractivity contribution in [3.8, 4) is 0 Å². The molecule has 0 aliphatic heterocycles. The Hall–Kier alpha value is -3.33. The van der Waals surface area contributed by atoms with Gasteiger partial charge in [0, 0.05) is 35.0 Å². The number of carbonyl (C=O) groups is 2. The molecule has 1 saturated carbocycles. The van der Waals surface area contributed by atoms with E-state index in [1.54, 1.807) is 12.1 Å². The van der Waals surface area contributed by atoms with E-state index in [9.17, 15) is 19.7 Å². The number of hydrogen-bond donors (Lipinski definition) is 3. The maximum Gasteiger partial charge on any atom is 0.270 e. The molecular formula is C19H18N4O4S. The van der Waals surface area contributed by atoms with Gasteiger partial charge in [-0.05, 0) is 55.7 Å². The van der Waals surface area contributed by atoms with Gasteiger partial charge in [0.1, 0.15) is 0 Å². The minimum Gasteiger partial charge on any atom is -0.332 e. The van der Waals surface area contributed by atoms with Gasteiger partial charge in [0.25, 0.3) is 11.6 Å². The Bertz CT molecular complexity index is 972. The lowest BCUT2D eigenvalue weighted by atomic mass is 10.1. The van der Waals surface area contributed by atoms with E-state index in [0.29, 0.717) is 11.4 Å². The number of nitrogens with one attached hydrogen (secondary N) is 3. The summed E-state index contributed by atoms with van der Waals surface area (Å²) in [6.07, 6.45) is 1.83. The zero-order chi connectivity index (χ0) is 20.3. The fraction of sp³-hybridized carbons (Fsp3) is 0.211. The first-order valence-corrected chi connectivity index (χ1v) is 9.02. The van der Waals surface area contributed by atoms with E-state index in [4.69, 9.17) is 12.2 Å². The molecule has 144 valence electrons. The van der Waals surface area contributed by atoms with Crippen LogP contribution < -0.4 is 16.0 Å². The van der Waals surface area contributed by atoms with E-state index >= 15 is 0 Å². The van der Waals surface area contributed by atoms with Crippen LogP contribution in [0.3, 0.4) is 0 Å². The number of amides is 2. The molecule has 0 unspecified atom stereocenters. The highest BCUT2D eigenvalue weighted by Gasteiger charge is 2.29. The number of hydrogen-bond acceptors (Lipinski definition) is 5. The van der Waals surface area contributed by atoms with E-state index in [1.165, 1.54) is 24.3 Å². The summed E-state index contributed by atoms with van der Waals surface area (Å²) in [5.74, 6) is -0.469. The number of anilines is 2. The number of thiocarbonyl (C=S) groups is 1. The number of nitro benzene ring substituents is 1. The summed E-state index contributed by atoms with van der Waals surface area (Å²) in [6, 6.07) is 10.7. The zero-order valence-corrected chi connectivity index (χ0v) is 15.8. The molecular weight excluding hydrogens is 380 g/mol. The lowest BCUT2D eigenvalue weighted by Crippen LogP contribution is -2.34. The maximum absolute atomic E-state index is 12.3. The molecule has 3 N–H and O–H groups in total. The second kappa shape index (κ2) is 8.13. The van der Waals surface area contributed by atoms with Crippen molar-refractivity contribution < 1.29 is 14.5 Å². The van der Waals surface area contributed by atoms with Crippen LogP contribution >= 0.6 is 12.2 Å². The molecule has 1 aliphatic rings. The second-order valence-corrected chi connectivity index (χ2v) is 6.92. The van der Waals surface area contributed by atoms with Crippen molar-refractivity contribution in [3.63, 3.8) is 0 Å². The average Bonchev–Trinajstić information content (AvgIpc) is 3.49. The van der Waals surface area contributed by atoms with Crippen molar-refractivity contribution in [3.05, 3.63) is 63.7 Å². The lowest BCUT2D eigenvalue weighted by Gasteiger charge is -2.13. The predicted octanol–water partition coefficient (Wildman–Crippen LogP) is 3.38. The number of carbonyl (C=O) groups excluding carboxylic acids is 2. The Morgan fingerprint density at radius 2 is 1.89 bits per heavy atom. The molecule has 2 aromatic rings. The van der Waals surface area contributed by atoms with E-state index in [-0.39, 0.29) is 28.2 Å². The molecule has 8 nitrogen and oxygen atoms in total. The SMILES string of the molecule is Cc1ccc(NC(=S)NC(=O)c2cccc([N+](=O)[O-])c2)cc1NC(=O)C1CC1. The Kier molecular flexibility index (Phi) is 5.65. The Balaban J connectivity index is 1.64. The second-order valence-electron chi connectivity index (χ2n) is 6.51. The number of nitro groups is 1. The Morgan fingerprint density at radius 1 is 1.14 bits per heavy atom. The van der Waals surface area contributed by atoms with Gasteiger partial charge in [-0.3, -0.25) is 25.0 Å². The molecule has 0 heterocycles. The first-order chi connectivity index (χ1) is 13.3. The van der Waals surface area contributed by atoms with Crippen LogP contribution in [0.4, 0.5) is 17.1 Å². The van der Waals surface area contributed by atoms with Crippen LogP contribution in [0, 0.1) is 23.0 Å². The third-order valence-corrected chi connectivity index (χ3v) is 4.45. The minimum atomic E-state index is -0.572. The number of benzene rings is 2. The van der Waals surface area contributed by atoms with E-state index in [1.807, 2.05) is 13.0 Å². The quantitative estimate of drug-likeness (QED) is 0.404. The summed E-state index contributed by atoms with van der Waals surface area (Å²) in [5, 5.41) is 19.1. The maximum atomic E-state index is 12.3. The van der Waals surface area contributed by atoms with Crippen molar-refractivity contribution in [2.24, 2.45) is 5.92 Å². The molecule has 0 bridgehead atoms. The molecule has 1 aliphatic carbocycles. The van der Waals surface area contributed by atoms with Crippen LogP contribution in [0.1, 0.15) is 28.8 Å². The molecule has 3 rings (SSSR count). The van der Waals surface area contributed by atoms with Crippen molar-refractivity contribution in [1.82, 2.24) is 5.32 Å². The van der Waals surface area contributed by atoms with E-state index < -0.39 is 10.8 Å². The minimum absolute atomic E-state index is 0.00167. The molecule has 0 saturated heterocycles. The molecule has 2 amide bonds. The number of aryl methyl sites for hydroxylation is 1. The Morgan fingerprint density at radius 3 is 2.57 bits per heavy atom. The molecule has 2 aromatic carbocycles. The number of non-ortho nitro benzene ring substituents is 1. The molecule has 28 heavy (non-hydrogen) atoms. The van der Waals surface area contributed by atoms with Gasteiger partial charge in [-0.1, -0.05) is 12.1 Å². The summed E-state index contributed by atoms with van der Waals surface area (Å²) < 4.78 is 0. The van der Waals surface area contributed by atoms with E-state index in [2.05, 4.69) is 16.0 Å². The van der Waals surface area contributed by atoms with Crippen molar-refractivity contribution in [2.45, 2.75) is 19.8 Å². The van der Waals surface area contributed by atoms with Crippen LogP contribution in [0.15, 0.2) is 42.5 Å². The highest BCUT2D eigenvalue weighted by molar-refractivity contribution is 7.80. The topological polar surface area (TPSA) is 113 Å². The van der Waals surface area contributed by atoms with Crippen LogP contribution in [0.5, 0.6) is 0 Å². The molecule has 0 radical (unpaired) electrons. The molecule has 1 fully saturated rings. The summed E-state index contributed by atoms with van der Waals surface area (Å²) in [5.41, 5.74) is 2.13. The first-order valence-electron chi connectivity index (χ1n) is 8.62. The van der Waals surface area contributed by atoms with Gasteiger partial charge < -0.3 is 10.6 Å². The summed E-state index contributed by atoms with van der Waals surface area (Å²) in [7, 11) is 0. The van der Waals surface area contributed by atoms with Gasteiger partial charge >= 0.3 is 0 Å². The van der Waals surface area contributed by atoms with Gasteiger partial charge in [0.15, 0.2) is 5.11 Å². The van der Waals surface area contributed by atoms with Crippen molar-refractivity contribution in [2.75, 3.05) is 10.6 Å². The highest BCUT2D eigenvalue weighted by Crippen LogP contribution is 2.31. The van der Waals surface area contributed by atoms with Crippen LogP contribution in [-0.2, 0) is 4.79 Å². The van der Waals surface area contributed by atoms with Crippen molar-refractivity contribution in [1.29, 1.82) is 0 Å². The summed E-state index contributed by atoms with van der Waals surface area (Å²) in [4.78, 5) is 34.5. The molecule has 0 aromatic heterocycles. The molecule has 9 heteroatoms. The largest absolute Gasteiger partial charge is 0.332 e. The van der Waals surface area contributed by atoms with E-state index in [0.717, 1.165) is 18.4 Å². The van der Waals surface area contributed by atoms with Gasteiger partial charge in [-0.25, -0.2) is 0 Å². The van der Waals surface area contributed by atoms with Gasteiger partial charge in [0.2, 0.25) is 5.91 Å². The average molecular weight is 398 g/mol. The third kappa shape index (κ3) is 4.89. The lowest BCUT2D eigenvalue weighted by molar-refractivity contribution is -0.384. The first kappa shape index (κ1) is 19.4. The highest BCUT2D eigenvalue weighted by atomic mass is 32.1. The van der Waals surface area contributed by atoms with Gasteiger partial charge in [0.05, 0.1) is 4.92 Å². The molecule has 0 spiro atoms. The van der Waals surface area contributed by atoms with Crippen LogP contribution in [-0.4, -0.2) is 21.9 Å².